The summed E-state index contributed by atoms with van der Waals surface area (Å²) in [6, 6.07) is 7.70. The highest BCUT2D eigenvalue weighted by Gasteiger charge is 2.38. The zero-order valence-electron chi connectivity index (χ0n) is 13.7. The van der Waals surface area contributed by atoms with E-state index in [0.717, 1.165) is 12.1 Å². The maximum absolute atomic E-state index is 12.7. The summed E-state index contributed by atoms with van der Waals surface area (Å²) in [5.41, 5.74) is -4.09. The van der Waals surface area contributed by atoms with Crippen LogP contribution in [-0.2, 0) is 20.6 Å². The number of benzene rings is 1. The Morgan fingerprint density at radius 2 is 1.89 bits per heavy atom. The van der Waals surface area contributed by atoms with Crippen LogP contribution in [0.5, 0.6) is 0 Å². The lowest BCUT2D eigenvalue weighted by Gasteiger charge is -2.07. The molecule has 1 atom stereocenters. The van der Waals surface area contributed by atoms with E-state index >= 15 is 0 Å². The molecule has 144 valence electrons. The maximum Gasteiger partial charge on any atom is 0.475 e. The first-order valence-corrected chi connectivity index (χ1v) is 10.7. The van der Waals surface area contributed by atoms with Gasteiger partial charge in [0.05, 0.1) is 16.3 Å². The molecule has 2 heterocycles. The molecule has 0 aliphatic rings. The second kappa shape index (κ2) is 6.92. The zero-order valence-corrected chi connectivity index (χ0v) is 16.1. The molecule has 2 aromatic heterocycles. The topological polar surface area (TPSA) is 79.9 Å². The van der Waals surface area contributed by atoms with Gasteiger partial charge in [-0.3, -0.25) is 0 Å². The van der Waals surface area contributed by atoms with Gasteiger partial charge in [-0.15, -0.1) is 0 Å². The van der Waals surface area contributed by atoms with E-state index in [-0.39, 0.29) is 27.2 Å². The molecule has 5 nitrogen and oxygen atoms in total. The monoisotopic (exact) mass is 436 g/mol. The van der Waals surface area contributed by atoms with E-state index in [1.54, 1.807) is 0 Å². The van der Waals surface area contributed by atoms with Gasteiger partial charge < -0.3 is 4.98 Å². The Balaban J connectivity index is 2.17. The van der Waals surface area contributed by atoms with Crippen molar-refractivity contribution in [2.24, 2.45) is 0 Å². The van der Waals surface area contributed by atoms with Crippen LogP contribution >= 0.6 is 11.6 Å². The van der Waals surface area contributed by atoms with E-state index in [1.807, 2.05) is 0 Å². The molecule has 0 spiro atoms. The van der Waals surface area contributed by atoms with Gasteiger partial charge in [-0.1, -0.05) is 18.5 Å². The lowest BCUT2D eigenvalue weighted by atomic mass is 10.2. The van der Waals surface area contributed by atoms with Gasteiger partial charge in [0, 0.05) is 15.8 Å². The number of halogens is 4. The quantitative estimate of drug-likeness (QED) is 0.618. The van der Waals surface area contributed by atoms with E-state index in [4.69, 9.17) is 11.6 Å². The fourth-order valence-electron chi connectivity index (χ4n) is 2.51. The van der Waals surface area contributed by atoms with Gasteiger partial charge in [-0.05, 0) is 36.4 Å². The summed E-state index contributed by atoms with van der Waals surface area (Å²) in [5, 5.41) is 0.402. The van der Waals surface area contributed by atoms with Crippen molar-refractivity contribution in [3.8, 4) is 11.4 Å². The third-order valence-electron chi connectivity index (χ3n) is 3.81. The van der Waals surface area contributed by atoms with Crippen LogP contribution in [0.1, 0.15) is 6.92 Å². The first kappa shape index (κ1) is 19.8. The van der Waals surface area contributed by atoms with Crippen LogP contribution in [0.4, 0.5) is 13.2 Å². The van der Waals surface area contributed by atoms with Crippen molar-refractivity contribution in [1.82, 2.24) is 9.97 Å². The fourth-order valence-corrected chi connectivity index (χ4v) is 4.39. The van der Waals surface area contributed by atoms with Gasteiger partial charge in [-0.25, -0.2) is 17.6 Å². The zero-order chi connectivity index (χ0) is 20.0. The smallest absolute Gasteiger partial charge is 0.353 e. The standard InChI is InChI=1S/C16H12ClF3N2O3S2/c1-2-27(24,25)13-5-6-14(17)22-15(13)12-8-9-7-10(3-4-11(9)21-12)26(23)16(18,19)20/h3-8,21H,2H2,1H3. The van der Waals surface area contributed by atoms with Crippen LogP contribution in [0.15, 0.2) is 46.2 Å². The summed E-state index contributed by atoms with van der Waals surface area (Å²) >= 11 is 5.89. The maximum atomic E-state index is 12.7. The normalized spacial score (nSPS) is 13.8. The van der Waals surface area contributed by atoms with Crippen molar-refractivity contribution in [3.63, 3.8) is 0 Å². The minimum atomic E-state index is -4.87. The number of fused-ring (bicyclic) bond motifs is 1. The number of sulfone groups is 1. The molecule has 3 aromatic rings. The van der Waals surface area contributed by atoms with Gasteiger partial charge in [0.2, 0.25) is 0 Å². The van der Waals surface area contributed by atoms with Gasteiger partial charge in [0.15, 0.2) is 20.6 Å². The molecule has 11 heteroatoms. The van der Waals surface area contributed by atoms with Crippen molar-refractivity contribution >= 4 is 43.1 Å². The minimum absolute atomic E-state index is 0.0416. The van der Waals surface area contributed by atoms with Gasteiger partial charge in [0.25, 0.3) is 0 Å². The number of rotatable bonds is 4. The van der Waals surface area contributed by atoms with Crippen molar-refractivity contribution < 1.29 is 25.8 Å². The molecular weight excluding hydrogens is 425 g/mol. The van der Waals surface area contributed by atoms with Crippen molar-refractivity contribution in [2.45, 2.75) is 22.2 Å². The third kappa shape index (κ3) is 3.87. The number of nitrogens with one attached hydrogen (secondary N) is 1. The van der Waals surface area contributed by atoms with Crippen LogP contribution in [-0.4, -0.2) is 33.9 Å². The molecule has 0 saturated heterocycles. The Morgan fingerprint density at radius 3 is 2.52 bits per heavy atom. The Labute approximate surface area is 159 Å². The van der Waals surface area contributed by atoms with Gasteiger partial charge >= 0.3 is 5.51 Å². The number of pyridine rings is 1. The molecule has 1 unspecified atom stereocenters. The number of nitrogens with zero attached hydrogens (tertiary/aromatic N) is 1. The second-order valence-electron chi connectivity index (χ2n) is 5.53. The number of aromatic amines is 1. The van der Waals surface area contributed by atoms with Gasteiger partial charge in [0.1, 0.15) is 10.8 Å². The lowest BCUT2D eigenvalue weighted by molar-refractivity contribution is -0.0384. The van der Waals surface area contributed by atoms with E-state index in [0.29, 0.717) is 10.9 Å². The Bertz CT molecular complexity index is 1160. The summed E-state index contributed by atoms with van der Waals surface area (Å²) in [4.78, 5) is 6.54. The fraction of sp³-hybridized carbons (Fsp3) is 0.188. The highest BCUT2D eigenvalue weighted by molar-refractivity contribution is 7.91. The largest absolute Gasteiger partial charge is 0.475 e. The molecule has 0 radical (unpaired) electrons. The van der Waals surface area contributed by atoms with E-state index in [2.05, 4.69) is 9.97 Å². The summed E-state index contributed by atoms with van der Waals surface area (Å²) < 4.78 is 74.2. The van der Waals surface area contributed by atoms with Crippen molar-refractivity contribution in [2.75, 3.05) is 5.75 Å². The lowest BCUT2D eigenvalue weighted by Crippen LogP contribution is -2.15. The average Bonchev–Trinajstić information content (AvgIpc) is 3.03. The number of alkyl halides is 3. The highest BCUT2D eigenvalue weighted by Crippen LogP contribution is 2.32. The highest BCUT2D eigenvalue weighted by atomic mass is 35.5. The third-order valence-corrected chi connectivity index (χ3v) is 6.88. The number of H-pyrrole nitrogens is 1. The molecule has 0 aliphatic carbocycles. The molecule has 0 fully saturated rings. The Kier molecular flexibility index (Phi) is 5.08. The summed E-state index contributed by atoms with van der Waals surface area (Å²) in [5.74, 6) is -0.155. The Morgan fingerprint density at radius 1 is 1.19 bits per heavy atom. The summed E-state index contributed by atoms with van der Waals surface area (Å²) in [6.45, 7) is 1.48. The molecule has 0 saturated carbocycles. The molecule has 1 N–H and O–H groups in total. The number of hydrogen-bond acceptors (Lipinski definition) is 4. The molecule has 0 amide bonds. The SMILES string of the molecule is CCS(=O)(=O)c1ccc(Cl)nc1-c1cc2cc(S(=O)C(F)(F)F)ccc2[nH]1. The van der Waals surface area contributed by atoms with Crippen molar-refractivity contribution in [3.05, 3.63) is 41.6 Å². The molecular formula is C16H12ClF3N2O3S2. The van der Waals surface area contributed by atoms with Crippen LogP contribution in [0, 0.1) is 0 Å². The van der Waals surface area contributed by atoms with E-state index in [1.165, 1.54) is 31.2 Å². The molecule has 0 aliphatic heterocycles. The first-order valence-electron chi connectivity index (χ1n) is 7.54. The number of hydrogen-bond donors (Lipinski definition) is 1. The summed E-state index contributed by atoms with van der Waals surface area (Å²) in [6.07, 6.45) is 0. The second-order valence-corrected chi connectivity index (χ2v) is 9.64. The Hall–Kier alpha value is -1.91. The number of aromatic nitrogens is 2. The van der Waals surface area contributed by atoms with Crippen LogP contribution in [0.3, 0.4) is 0 Å². The van der Waals surface area contributed by atoms with E-state index < -0.39 is 31.0 Å². The summed E-state index contributed by atoms with van der Waals surface area (Å²) in [7, 11) is -6.77. The van der Waals surface area contributed by atoms with Crippen LogP contribution in [0.25, 0.3) is 22.3 Å². The van der Waals surface area contributed by atoms with Gasteiger partial charge in [-0.2, -0.15) is 13.2 Å². The first-order chi connectivity index (χ1) is 12.5. The van der Waals surface area contributed by atoms with E-state index in [9.17, 15) is 25.8 Å². The average molecular weight is 437 g/mol. The van der Waals surface area contributed by atoms with Crippen LogP contribution < -0.4 is 0 Å². The molecule has 0 bridgehead atoms. The molecule has 3 rings (SSSR count). The molecule has 27 heavy (non-hydrogen) atoms. The van der Waals surface area contributed by atoms with Crippen LogP contribution in [0.2, 0.25) is 5.15 Å². The molecule has 1 aromatic carbocycles. The van der Waals surface area contributed by atoms with Crippen molar-refractivity contribution in [1.29, 1.82) is 0 Å². The minimum Gasteiger partial charge on any atom is -0.353 e. The predicted molar refractivity (Wildman–Crippen MR) is 96.7 cm³/mol. The predicted octanol–water partition coefficient (Wildman–Crippen LogP) is 4.30.